The number of hydrogen-bond acceptors (Lipinski definition) is 6. The summed E-state index contributed by atoms with van der Waals surface area (Å²) in [6, 6.07) is 7.78. The van der Waals surface area contributed by atoms with Gasteiger partial charge in [-0.3, -0.25) is 9.78 Å². The Morgan fingerprint density at radius 1 is 1.17 bits per heavy atom. The van der Waals surface area contributed by atoms with Crippen LogP contribution in [0.15, 0.2) is 43.0 Å². The summed E-state index contributed by atoms with van der Waals surface area (Å²) >= 11 is 0. The van der Waals surface area contributed by atoms with Crippen molar-refractivity contribution in [3.05, 3.63) is 59.9 Å². The molecule has 29 heavy (non-hydrogen) atoms. The van der Waals surface area contributed by atoms with Gasteiger partial charge in [-0.05, 0) is 50.5 Å². The zero-order valence-corrected chi connectivity index (χ0v) is 16.7. The molecule has 1 fully saturated rings. The summed E-state index contributed by atoms with van der Waals surface area (Å²) in [4.78, 5) is 27.7. The standard InChI is InChI=1S/C21H25N7O/c1-15-10-16(2)28(26-15)20-11-19(24-14-25-20)27-9-3-4-18(13-27)21(29)23-12-17-5-7-22-8-6-17/h5-8,10-11,14,18H,3-4,9,12-13H2,1-2H3,(H,23,29). The average molecular weight is 391 g/mol. The molecule has 150 valence electrons. The lowest BCUT2D eigenvalue weighted by Crippen LogP contribution is -2.43. The van der Waals surface area contributed by atoms with Gasteiger partial charge in [0.1, 0.15) is 12.1 Å². The Hall–Kier alpha value is -3.29. The number of piperidine rings is 1. The highest BCUT2D eigenvalue weighted by Gasteiger charge is 2.26. The van der Waals surface area contributed by atoms with Crippen molar-refractivity contribution in [1.82, 2.24) is 30.0 Å². The molecule has 0 saturated carbocycles. The summed E-state index contributed by atoms with van der Waals surface area (Å²) < 4.78 is 1.82. The zero-order valence-electron chi connectivity index (χ0n) is 16.7. The molecule has 1 N–H and O–H groups in total. The van der Waals surface area contributed by atoms with Crippen molar-refractivity contribution in [2.24, 2.45) is 5.92 Å². The van der Waals surface area contributed by atoms with Crippen LogP contribution in [0.5, 0.6) is 0 Å². The number of rotatable bonds is 5. The second kappa shape index (κ2) is 8.38. The lowest BCUT2D eigenvalue weighted by molar-refractivity contribution is -0.125. The molecule has 0 aliphatic carbocycles. The first-order chi connectivity index (χ1) is 14.1. The number of carbonyl (C=O) groups is 1. The highest BCUT2D eigenvalue weighted by atomic mass is 16.1. The molecular formula is C21H25N7O. The Bertz CT molecular complexity index is 986. The Morgan fingerprint density at radius 3 is 2.72 bits per heavy atom. The molecule has 0 bridgehead atoms. The minimum atomic E-state index is -0.0577. The number of aromatic nitrogens is 5. The lowest BCUT2D eigenvalue weighted by Gasteiger charge is -2.33. The number of carbonyl (C=O) groups excluding carboxylic acids is 1. The van der Waals surface area contributed by atoms with Gasteiger partial charge in [-0.2, -0.15) is 5.10 Å². The van der Waals surface area contributed by atoms with E-state index in [1.807, 2.05) is 42.8 Å². The van der Waals surface area contributed by atoms with Crippen molar-refractivity contribution in [2.45, 2.75) is 33.2 Å². The third kappa shape index (κ3) is 4.42. The van der Waals surface area contributed by atoms with Crippen molar-refractivity contribution in [3.8, 4) is 5.82 Å². The van der Waals surface area contributed by atoms with Crippen LogP contribution in [-0.2, 0) is 11.3 Å². The van der Waals surface area contributed by atoms with Gasteiger partial charge in [0.2, 0.25) is 5.91 Å². The third-order valence-corrected chi connectivity index (χ3v) is 5.20. The fourth-order valence-electron chi connectivity index (χ4n) is 3.72. The molecule has 1 aliphatic rings. The molecule has 4 heterocycles. The predicted octanol–water partition coefficient (Wildman–Crippen LogP) is 2.21. The highest BCUT2D eigenvalue weighted by molar-refractivity contribution is 5.79. The number of aryl methyl sites for hydroxylation is 2. The molecule has 1 atom stereocenters. The second-order valence-electron chi connectivity index (χ2n) is 7.43. The molecular weight excluding hydrogens is 366 g/mol. The van der Waals surface area contributed by atoms with E-state index in [9.17, 15) is 4.79 Å². The molecule has 0 spiro atoms. The summed E-state index contributed by atoms with van der Waals surface area (Å²) in [5.74, 6) is 1.59. The molecule has 1 aliphatic heterocycles. The maximum Gasteiger partial charge on any atom is 0.225 e. The third-order valence-electron chi connectivity index (χ3n) is 5.20. The van der Waals surface area contributed by atoms with Gasteiger partial charge < -0.3 is 10.2 Å². The lowest BCUT2D eigenvalue weighted by atomic mass is 9.97. The van der Waals surface area contributed by atoms with Crippen molar-refractivity contribution in [1.29, 1.82) is 0 Å². The molecule has 4 rings (SSSR count). The number of nitrogens with zero attached hydrogens (tertiary/aromatic N) is 6. The summed E-state index contributed by atoms with van der Waals surface area (Å²) in [6.45, 7) is 6.02. The molecule has 1 unspecified atom stereocenters. The maximum absolute atomic E-state index is 12.7. The van der Waals surface area contributed by atoms with E-state index in [0.717, 1.165) is 48.0 Å². The first-order valence-electron chi connectivity index (χ1n) is 9.87. The SMILES string of the molecule is Cc1cc(C)n(-c2cc(N3CCCC(C(=O)NCc4ccncc4)C3)ncn2)n1. The van der Waals surface area contributed by atoms with E-state index in [-0.39, 0.29) is 11.8 Å². The molecule has 8 heteroatoms. The van der Waals surface area contributed by atoms with Crippen LogP contribution in [0.4, 0.5) is 5.82 Å². The minimum absolute atomic E-state index is 0.0577. The van der Waals surface area contributed by atoms with Crippen molar-refractivity contribution in [2.75, 3.05) is 18.0 Å². The quantitative estimate of drug-likeness (QED) is 0.717. The number of nitrogens with one attached hydrogen (secondary N) is 1. The highest BCUT2D eigenvalue weighted by Crippen LogP contribution is 2.23. The number of amides is 1. The number of pyridine rings is 1. The van der Waals surface area contributed by atoms with Crippen LogP contribution in [0, 0.1) is 19.8 Å². The average Bonchev–Trinajstić information content (AvgIpc) is 3.11. The van der Waals surface area contributed by atoms with Gasteiger partial charge in [-0.25, -0.2) is 14.6 Å². The van der Waals surface area contributed by atoms with Crippen molar-refractivity contribution < 1.29 is 4.79 Å². The zero-order chi connectivity index (χ0) is 20.2. The number of hydrogen-bond donors (Lipinski definition) is 1. The number of anilines is 1. The van der Waals surface area contributed by atoms with E-state index in [2.05, 4.69) is 30.3 Å². The van der Waals surface area contributed by atoms with E-state index < -0.39 is 0 Å². The fourth-order valence-corrected chi connectivity index (χ4v) is 3.72. The Balaban J connectivity index is 1.43. The fraction of sp³-hybridized carbons (Fsp3) is 0.381. The molecule has 0 aromatic carbocycles. The van der Waals surface area contributed by atoms with Crippen LogP contribution < -0.4 is 10.2 Å². The first-order valence-corrected chi connectivity index (χ1v) is 9.87. The monoisotopic (exact) mass is 391 g/mol. The van der Waals surface area contributed by atoms with Gasteiger partial charge in [0.15, 0.2) is 5.82 Å². The smallest absolute Gasteiger partial charge is 0.225 e. The van der Waals surface area contributed by atoms with E-state index in [4.69, 9.17) is 0 Å². The Labute approximate surface area is 170 Å². The van der Waals surface area contributed by atoms with Gasteiger partial charge >= 0.3 is 0 Å². The van der Waals surface area contributed by atoms with Crippen LogP contribution in [0.25, 0.3) is 5.82 Å². The molecule has 3 aromatic heterocycles. The van der Waals surface area contributed by atoms with Gasteiger partial charge in [-0.15, -0.1) is 0 Å². The summed E-state index contributed by atoms with van der Waals surface area (Å²) in [5, 5.41) is 7.55. The first kappa shape index (κ1) is 19.0. The van der Waals surface area contributed by atoms with E-state index in [0.29, 0.717) is 13.1 Å². The van der Waals surface area contributed by atoms with E-state index in [1.165, 1.54) is 0 Å². The predicted molar refractivity (Wildman–Crippen MR) is 110 cm³/mol. The minimum Gasteiger partial charge on any atom is -0.356 e. The summed E-state index contributed by atoms with van der Waals surface area (Å²) in [5.41, 5.74) is 3.03. The molecule has 1 saturated heterocycles. The topological polar surface area (TPSA) is 88.8 Å². The summed E-state index contributed by atoms with van der Waals surface area (Å²) in [7, 11) is 0. The van der Waals surface area contributed by atoms with Crippen LogP contribution in [0.1, 0.15) is 29.8 Å². The largest absolute Gasteiger partial charge is 0.356 e. The molecule has 0 radical (unpaired) electrons. The second-order valence-corrected chi connectivity index (χ2v) is 7.43. The Kier molecular flexibility index (Phi) is 5.50. The molecule has 3 aromatic rings. The van der Waals surface area contributed by atoms with Gasteiger partial charge in [0.05, 0.1) is 11.6 Å². The Morgan fingerprint density at radius 2 is 1.97 bits per heavy atom. The maximum atomic E-state index is 12.7. The van der Waals surface area contributed by atoms with Crippen LogP contribution in [0.3, 0.4) is 0 Å². The van der Waals surface area contributed by atoms with Gasteiger partial charge in [-0.1, -0.05) is 0 Å². The van der Waals surface area contributed by atoms with Gasteiger partial charge in [0.25, 0.3) is 0 Å². The van der Waals surface area contributed by atoms with Crippen LogP contribution in [-0.4, -0.2) is 43.7 Å². The van der Waals surface area contributed by atoms with Crippen LogP contribution in [0.2, 0.25) is 0 Å². The molecule has 1 amide bonds. The normalized spacial score (nSPS) is 16.6. The molecule has 8 nitrogen and oxygen atoms in total. The van der Waals surface area contributed by atoms with Gasteiger partial charge in [0, 0.05) is 43.8 Å². The van der Waals surface area contributed by atoms with Crippen molar-refractivity contribution >= 4 is 11.7 Å². The summed E-state index contributed by atoms with van der Waals surface area (Å²) in [6.07, 6.45) is 6.87. The van der Waals surface area contributed by atoms with E-state index >= 15 is 0 Å². The van der Waals surface area contributed by atoms with E-state index in [1.54, 1.807) is 18.7 Å². The van der Waals surface area contributed by atoms with Crippen molar-refractivity contribution in [3.63, 3.8) is 0 Å². The van der Waals surface area contributed by atoms with Crippen LogP contribution >= 0.6 is 0 Å².